The van der Waals surface area contributed by atoms with Crippen molar-refractivity contribution < 1.29 is 14.3 Å². The molecule has 0 spiro atoms. The monoisotopic (exact) mass is 287 g/mol. The topological polar surface area (TPSA) is 47.6 Å². The second-order valence-electron chi connectivity index (χ2n) is 5.32. The molecule has 1 aliphatic rings. The van der Waals surface area contributed by atoms with E-state index in [2.05, 4.69) is 19.2 Å². The van der Waals surface area contributed by atoms with Gasteiger partial charge in [0.05, 0.1) is 0 Å². The Morgan fingerprint density at radius 1 is 1.29 bits per heavy atom. The molecule has 112 valence electrons. The number of nitrogens with one attached hydrogen (secondary N) is 1. The van der Waals surface area contributed by atoms with Gasteiger partial charge < -0.3 is 14.8 Å². The Balaban J connectivity index is 1.76. The lowest BCUT2D eigenvalue weighted by molar-refractivity contribution is -0.116. The van der Waals surface area contributed by atoms with Gasteiger partial charge in [0.15, 0.2) is 11.5 Å². The number of carbonyl (C=O) groups excluding carboxylic acids is 1. The number of rotatable bonds is 6. The van der Waals surface area contributed by atoms with Crippen LogP contribution in [0.1, 0.15) is 19.4 Å². The third-order valence-corrected chi connectivity index (χ3v) is 2.97. The zero-order valence-electron chi connectivity index (χ0n) is 12.5. The first-order chi connectivity index (χ1) is 10.1. The summed E-state index contributed by atoms with van der Waals surface area (Å²) in [6, 6.07) is 5.91. The normalized spacial score (nSPS) is 13.5. The highest BCUT2D eigenvalue weighted by Gasteiger charge is 2.12. The van der Waals surface area contributed by atoms with Crippen molar-refractivity contribution in [3.8, 4) is 11.5 Å². The molecule has 0 saturated heterocycles. The summed E-state index contributed by atoms with van der Waals surface area (Å²) in [7, 11) is 0. The second-order valence-corrected chi connectivity index (χ2v) is 5.32. The third-order valence-electron chi connectivity index (χ3n) is 2.97. The first-order valence-corrected chi connectivity index (χ1v) is 7.14. The van der Waals surface area contributed by atoms with E-state index in [-0.39, 0.29) is 5.91 Å². The van der Waals surface area contributed by atoms with Crippen LogP contribution < -0.4 is 14.8 Å². The van der Waals surface area contributed by atoms with Gasteiger partial charge in [-0.3, -0.25) is 4.79 Å². The van der Waals surface area contributed by atoms with Gasteiger partial charge in [0, 0.05) is 12.6 Å². The molecule has 1 N–H and O–H groups in total. The van der Waals surface area contributed by atoms with Crippen LogP contribution in [0.2, 0.25) is 0 Å². The molecule has 21 heavy (non-hydrogen) atoms. The molecule has 0 unspecified atom stereocenters. The minimum Gasteiger partial charge on any atom is -0.454 e. The number of benzene rings is 1. The van der Waals surface area contributed by atoms with Gasteiger partial charge in [0.25, 0.3) is 0 Å². The van der Waals surface area contributed by atoms with Crippen LogP contribution >= 0.6 is 0 Å². The predicted molar refractivity (Wildman–Crippen MR) is 82.4 cm³/mol. The lowest BCUT2D eigenvalue weighted by Gasteiger charge is -2.03. The molecule has 0 bridgehead atoms. The fraction of sp³-hybridized carbons (Fsp3) is 0.353. The molecule has 0 aromatic heterocycles. The van der Waals surface area contributed by atoms with Crippen molar-refractivity contribution in [1.29, 1.82) is 0 Å². The summed E-state index contributed by atoms with van der Waals surface area (Å²) in [5.74, 6) is 1.99. The van der Waals surface area contributed by atoms with Crippen LogP contribution in [0.5, 0.6) is 11.5 Å². The van der Waals surface area contributed by atoms with Crippen molar-refractivity contribution in [2.45, 2.75) is 20.3 Å². The first-order valence-electron chi connectivity index (χ1n) is 7.14. The van der Waals surface area contributed by atoms with Gasteiger partial charge in [-0.05, 0) is 30.0 Å². The fourth-order valence-electron chi connectivity index (χ4n) is 1.86. The van der Waals surface area contributed by atoms with E-state index in [0.717, 1.165) is 23.5 Å². The molecule has 1 amide bonds. The largest absolute Gasteiger partial charge is 0.454 e. The van der Waals surface area contributed by atoms with Gasteiger partial charge in [-0.1, -0.05) is 38.1 Å². The zero-order valence-corrected chi connectivity index (χ0v) is 12.5. The van der Waals surface area contributed by atoms with Crippen molar-refractivity contribution in [1.82, 2.24) is 5.32 Å². The molecule has 1 aliphatic heterocycles. The number of allylic oxidation sites excluding steroid dienone is 3. The minimum absolute atomic E-state index is 0.0589. The van der Waals surface area contributed by atoms with Crippen molar-refractivity contribution in [2.24, 2.45) is 5.92 Å². The Kier molecular flexibility index (Phi) is 5.43. The molecule has 1 heterocycles. The maximum absolute atomic E-state index is 11.4. The summed E-state index contributed by atoms with van der Waals surface area (Å²) >= 11 is 0. The molecule has 1 aromatic carbocycles. The van der Waals surface area contributed by atoms with Gasteiger partial charge >= 0.3 is 0 Å². The summed E-state index contributed by atoms with van der Waals surface area (Å²) in [5, 5.41) is 2.83. The summed E-state index contributed by atoms with van der Waals surface area (Å²) in [6.07, 6.45) is 7.96. The average molecular weight is 287 g/mol. The van der Waals surface area contributed by atoms with Crippen molar-refractivity contribution in [2.75, 3.05) is 13.3 Å². The summed E-state index contributed by atoms with van der Waals surface area (Å²) in [5.41, 5.74) is 1.15. The first kappa shape index (κ1) is 15.2. The number of hydrogen-bond acceptors (Lipinski definition) is 3. The lowest BCUT2D eigenvalue weighted by Crippen LogP contribution is -2.25. The van der Waals surface area contributed by atoms with E-state index in [4.69, 9.17) is 9.47 Å². The third kappa shape index (κ3) is 4.99. The summed E-state index contributed by atoms with van der Waals surface area (Å²) in [4.78, 5) is 11.4. The predicted octanol–water partition coefficient (Wildman–Crippen LogP) is 2.84. The van der Waals surface area contributed by atoms with Crippen LogP contribution in [0.15, 0.2) is 42.5 Å². The number of hydrogen-bond donors (Lipinski definition) is 1. The van der Waals surface area contributed by atoms with Crippen LogP contribution in [0.25, 0.3) is 0 Å². The molecule has 0 fully saturated rings. The van der Waals surface area contributed by atoms with E-state index >= 15 is 0 Å². The highest BCUT2D eigenvalue weighted by atomic mass is 16.7. The van der Waals surface area contributed by atoms with E-state index in [1.807, 2.05) is 30.4 Å². The Labute approximate surface area is 125 Å². The van der Waals surface area contributed by atoms with E-state index in [9.17, 15) is 4.79 Å². The molecule has 4 nitrogen and oxygen atoms in total. The average Bonchev–Trinajstić information content (AvgIpc) is 2.92. The van der Waals surface area contributed by atoms with Crippen LogP contribution in [0, 0.1) is 5.92 Å². The fourth-order valence-corrected chi connectivity index (χ4v) is 1.86. The van der Waals surface area contributed by atoms with Gasteiger partial charge in [0.2, 0.25) is 12.7 Å². The van der Waals surface area contributed by atoms with Crippen LogP contribution in [-0.2, 0) is 11.2 Å². The highest BCUT2D eigenvalue weighted by Crippen LogP contribution is 2.32. The van der Waals surface area contributed by atoms with E-state index in [1.165, 1.54) is 0 Å². The van der Waals surface area contributed by atoms with Crippen LogP contribution in [-0.4, -0.2) is 19.2 Å². The standard InChI is InChI=1S/C17H21NO3/c1-13(2)11-18-17(19)7-5-3-4-6-14-8-9-15-16(10-14)21-12-20-15/h3-5,7-10,13H,6,11-12H2,1-2H3,(H,18,19)/b4-3+,7-5+. The van der Waals surface area contributed by atoms with Crippen molar-refractivity contribution in [3.63, 3.8) is 0 Å². The molecule has 4 heteroatoms. The smallest absolute Gasteiger partial charge is 0.243 e. The van der Waals surface area contributed by atoms with E-state index in [0.29, 0.717) is 19.3 Å². The molecule has 0 aliphatic carbocycles. The minimum atomic E-state index is -0.0589. The van der Waals surface area contributed by atoms with Crippen LogP contribution in [0.3, 0.4) is 0 Å². The zero-order chi connectivity index (χ0) is 15.1. The molecule has 0 radical (unpaired) electrons. The molecule has 0 saturated carbocycles. The number of carbonyl (C=O) groups is 1. The molecular weight excluding hydrogens is 266 g/mol. The lowest BCUT2D eigenvalue weighted by atomic mass is 10.1. The molecular formula is C17H21NO3. The second kappa shape index (κ2) is 7.53. The molecule has 2 rings (SSSR count). The summed E-state index contributed by atoms with van der Waals surface area (Å²) < 4.78 is 10.6. The Hall–Kier alpha value is -2.23. The van der Waals surface area contributed by atoms with Gasteiger partial charge in [-0.2, -0.15) is 0 Å². The van der Waals surface area contributed by atoms with Crippen LogP contribution in [0.4, 0.5) is 0 Å². The molecule has 1 aromatic rings. The van der Waals surface area contributed by atoms with E-state index < -0.39 is 0 Å². The van der Waals surface area contributed by atoms with Crippen molar-refractivity contribution in [3.05, 3.63) is 48.1 Å². The summed E-state index contributed by atoms with van der Waals surface area (Å²) in [6.45, 7) is 5.12. The Morgan fingerprint density at radius 2 is 2.10 bits per heavy atom. The number of ether oxygens (including phenoxy) is 2. The Morgan fingerprint density at radius 3 is 2.90 bits per heavy atom. The quantitative estimate of drug-likeness (QED) is 0.646. The number of fused-ring (bicyclic) bond motifs is 1. The van der Waals surface area contributed by atoms with Gasteiger partial charge in [-0.25, -0.2) is 0 Å². The molecule has 0 atom stereocenters. The maximum atomic E-state index is 11.4. The Bertz CT molecular complexity index is 547. The van der Waals surface area contributed by atoms with Gasteiger partial charge in [0.1, 0.15) is 0 Å². The highest BCUT2D eigenvalue weighted by molar-refractivity contribution is 5.87. The SMILES string of the molecule is CC(C)CNC(=O)/C=C/C=C/Cc1ccc2c(c1)OCO2. The maximum Gasteiger partial charge on any atom is 0.243 e. The van der Waals surface area contributed by atoms with Crippen molar-refractivity contribution >= 4 is 5.91 Å². The number of amides is 1. The van der Waals surface area contributed by atoms with Gasteiger partial charge in [-0.15, -0.1) is 0 Å². The van der Waals surface area contributed by atoms with E-state index in [1.54, 1.807) is 12.2 Å².